The molecular formula is C14H16N2O3. The Bertz CT molecular complexity index is 661. The molecule has 2 rings (SSSR count). The van der Waals surface area contributed by atoms with E-state index < -0.39 is 5.97 Å². The Morgan fingerprint density at radius 2 is 2.26 bits per heavy atom. The van der Waals surface area contributed by atoms with E-state index in [9.17, 15) is 9.59 Å². The average molecular weight is 260 g/mol. The molecule has 2 aromatic heterocycles. The second-order valence-electron chi connectivity index (χ2n) is 4.32. The van der Waals surface area contributed by atoms with Crippen molar-refractivity contribution in [1.82, 2.24) is 9.55 Å². The highest BCUT2D eigenvalue weighted by Gasteiger charge is 2.11. The van der Waals surface area contributed by atoms with Crippen LogP contribution < -0.4 is 10.3 Å². The van der Waals surface area contributed by atoms with Gasteiger partial charge >= 0.3 is 5.97 Å². The summed E-state index contributed by atoms with van der Waals surface area (Å²) in [6.45, 7) is 3.99. The molecule has 0 saturated heterocycles. The summed E-state index contributed by atoms with van der Waals surface area (Å²) in [7, 11) is 0. The molecule has 0 bridgehead atoms. The Morgan fingerprint density at radius 1 is 1.47 bits per heavy atom. The first-order chi connectivity index (χ1) is 9.13. The topological polar surface area (TPSA) is 61.2 Å². The fraction of sp³-hybridized carbons (Fsp3) is 0.357. The fourth-order valence-corrected chi connectivity index (χ4v) is 1.95. The van der Waals surface area contributed by atoms with Crippen LogP contribution in [0.3, 0.4) is 0 Å². The lowest BCUT2D eigenvalue weighted by atomic mass is 10.2. The number of ether oxygens (including phenoxy) is 1. The summed E-state index contributed by atoms with van der Waals surface area (Å²) >= 11 is 0. The van der Waals surface area contributed by atoms with Crippen molar-refractivity contribution in [3.8, 4) is 5.75 Å². The van der Waals surface area contributed by atoms with Crippen molar-refractivity contribution in [2.24, 2.45) is 0 Å². The van der Waals surface area contributed by atoms with Crippen LogP contribution in [0.5, 0.6) is 5.75 Å². The van der Waals surface area contributed by atoms with Gasteiger partial charge in [0.05, 0.1) is 5.39 Å². The standard InChI is InChI=1S/C14H16N2O3/c1-3-4-8-16-13(18)9-12(19-10(2)17)11-6-5-7-15-14(11)16/h5-7,9H,3-4,8H2,1-2H3. The highest BCUT2D eigenvalue weighted by Crippen LogP contribution is 2.22. The number of rotatable bonds is 4. The summed E-state index contributed by atoms with van der Waals surface area (Å²) in [6.07, 6.45) is 3.52. The summed E-state index contributed by atoms with van der Waals surface area (Å²) in [5, 5.41) is 0.674. The third kappa shape index (κ3) is 2.81. The minimum Gasteiger partial charge on any atom is -0.426 e. The molecule has 100 valence electrons. The maximum Gasteiger partial charge on any atom is 0.308 e. The Labute approximate surface area is 110 Å². The van der Waals surface area contributed by atoms with E-state index >= 15 is 0 Å². The van der Waals surface area contributed by atoms with E-state index in [0.717, 1.165) is 12.8 Å². The first-order valence-electron chi connectivity index (χ1n) is 6.30. The number of nitrogens with zero attached hydrogens (tertiary/aromatic N) is 2. The van der Waals surface area contributed by atoms with Gasteiger partial charge in [0, 0.05) is 25.7 Å². The van der Waals surface area contributed by atoms with Crippen molar-refractivity contribution in [2.75, 3.05) is 0 Å². The number of hydrogen-bond acceptors (Lipinski definition) is 4. The molecule has 2 aromatic rings. The van der Waals surface area contributed by atoms with Crippen LogP contribution in [0.25, 0.3) is 11.0 Å². The van der Waals surface area contributed by atoms with Crippen LogP contribution in [0.1, 0.15) is 26.7 Å². The first kappa shape index (κ1) is 13.3. The monoisotopic (exact) mass is 260 g/mol. The highest BCUT2D eigenvalue weighted by molar-refractivity contribution is 5.85. The van der Waals surface area contributed by atoms with Gasteiger partial charge in [-0.15, -0.1) is 0 Å². The summed E-state index contributed by atoms with van der Waals surface area (Å²) in [5.74, 6) is -0.177. The van der Waals surface area contributed by atoms with Gasteiger partial charge in [-0.3, -0.25) is 14.2 Å². The zero-order chi connectivity index (χ0) is 13.8. The number of fused-ring (bicyclic) bond motifs is 1. The fourth-order valence-electron chi connectivity index (χ4n) is 1.95. The predicted molar refractivity (Wildman–Crippen MR) is 72.2 cm³/mol. The maximum atomic E-state index is 12.1. The molecule has 0 amide bonds. The Balaban J connectivity index is 2.62. The zero-order valence-electron chi connectivity index (χ0n) is 11.0. The van der Waals surface area contributed by atoms with Gasteiger partial charge in [-0.05, 0) is 18.6 Å². The predicted octanol–water partition coefficient (Wildman–Crippen LogP) is 2.12. The van der Waals surface area contributed by atoms with Crippen molar-refractivity contribution in [1.29, 1.82) is 0 Å². The molecule has 0 fully saturated rings. The lowest BCUT2D eigenvalue weighted by molar-refractivity contribution is -0.131. The summed E-state index contributed by atoms with van der Waals surface area (Å²) in [5.41, 5.74) is 0.357. The van der Waals surface area contributed by atoms with Crippen molar-refractivity contribution in [3.63, 3.8) is 0 Å². The Morgan fingerprint density at radius 3 is 2.95 bits per heavy atom. The molecule has 2 heterocycles. The molecule has 0 saturated carbocycles. The average Bonchev–Trinajstić information content (AvgIpc) is 2.38. The number of aromatic nitrogens is 2. The van der Waals surface area contributed by atoms with E-state index in [1.165, 1.54) is 13.0 Å². The number of esters is 1. The van der Waals surface area contributed by atoms with Gasteiger partial charge < -0.3 is 4.74 Å². The molecule has 5 heteroatoms. The van der Waals surface area contributed by atoms with Crippen LogP contribution in [-0.4, -0.2) is 15.5 Å². The van der Waals surface area contributed by atoms with Crippen LogP contribution in [0.2, 0.25) is 0 Å². The second kappa shape index (κ2) is 5.65. The van der Waals surface area contributed by atoms with E-state index in [0.29, 0.717) is 17.6 Å². The third-order valence-corrected chi connectivity index (χ3v) is 2.82. The van der Waals surface area contributed by atoms with Crippen LogP contribution in [-0.2, 0) is 11.3 Å². The molecule has 0 aliphatic heterocycles. The zero-order valence-corrected chi connectivity index (χ0v) is 11.0. The molecular weight excluding hydrogens is 244 g/mol. The summed E-state index contributed by atoms with van der Waals surface area (Å²) in [6, 6.07) is 4.90. The summed E-state index contributed by atoms with van der Waals surface area (Å²) in [4.78, 5) is 27.4. The first-order valence-corrected chi connectivity index (χ1v) is 6.30. The number of carbonyl (C=O) groups excluding carboxylic acids is 1. The largest absolute Gasteiger partial charge is 0.426 e. The quantitative estimate of drug-likeness (QED) is 0.790. The molecule has 0 unspecified atom stereocenters. The Hall–Kier alpha value is -2.17. The number of pyridine rings is 2. The van der Waals surface area contributed by atoms with Crippen LogP contribution in [0.4, 0.5) is 0 Å². The van der Waals surface area contributed by atoms with Crippen molar-refractivity contribution in [3.05, 3.63) is 34.7 Å². The SMILES string of the molecule is CCCCn1c(=O)cc(OC(C)=O)c2cccnc21. The van der Waals surface area contributed by atoms with E-state index in [-0.39, 0.29) is 11.3 Å². The lowest BCUT2D eigenvalue weighted by Gasteiger charge is -2.11. The van der Waals surface area contributed by atoms with Crippen molar-refractivity contribution < 1.29 is 9.53 Å². The molecule has 5 nitrogen and oxygen atoms in total. The lowest BCUT2D eigenvalue weighted by Crippen LogP contribution is -2.21. The number of hydrogen-bond donors (Lipinski definition) is 0. The summed E-state index contributed by atoms with van der Waals surface area (Å²) < 4.78 is 6.69. The second-order valence-corrected chi connectivity index (χ2v) is 4.32. The normalized spacial score (nSPS) is 10.6. The number of aryl methyl sites for hydroxylation is 1. The van der Waals surface area contributed by atoms with E-state index in [1.54, 1.807) is 22.9 Å². The molecule has 0 aromatic carbocycles. The van der Waals surface area contributed by atoms with Gasteiger partial charge in [0.25, 0.3) is 5.56 Å². The van der Waals surface area contributed by atoms with Gasteiger partial charge in [0.2, 0.25) is 0 Å². The van der Waals surface area contributed by atoms with Crippen molar-refractivity contribution >= 4 is 17.0 Å². The molecule has 0 spiro atoms. The Kier molecular flexibility index (Phi) is 3.94. The van der Waals surface area contributed by atoms with E-state index in [4.69, 9.17) is 4.74 Å². The van der Waals surface area contributed by atoms with Crippen LogP contribution in [0.15, 0.2) is 29.2 Å². The van der Waals surface area contributed by atoms with Gasteiger partial charge in [-0.25, -0.2) is 4.98 Å². The number of unbranched alkanes of at least 4 members (excludes halogenated alkanes) is 1. The molecule has 19 heavy (non-hydrogen) atoms. The third-order valence-electron chi connectivity index (χ3n) is 2.82. The van der Waals surface area contributed by atoms with E-state index in [2.05, 4.69) is 11.9 Å². The molecule has 0 radical (unpaired) electrons. The molecule has 0 atom stereocenters. The van der Waals surface area contributed by atoms with E-state index in [1.807, 2.05) is 0 Å². The van der Waals surface area contributed by atoms with Gasteiger partial charge in [-0.2, -0.15) is 0 Å². The van der Waals surface area contributed by atoms with Crippen molar-refractivity contribution in [2.45, 2.75) is 33.2 Å². The molecule has 0 N–H and O–H groups in total. The molecule has 0 aliphatic rings. The van der Waals surface area contributed by atoms with Crippen LogP contribution in [0, 0.1) is 0 Å². The van der Waals surface area contributed by atoms with Gasteiger partial charge in [0.15, 0.2) is 0 Å². The minimum absolute atomic E-state index is 0.198. The maximum absolute atomic E-state index is 12.1. The smallest absolute Gasteiger partial charge is 0.308 e. The number of carbonyl (C=O) groups is 1. The van der Waals surface area contributed by atoms with Crippen LogP contribution >= 0.6 is 0 Å². The minimum atomic E-state index is -0.448. The van der Waals surface area contributed by atoms with Gasteiger partial charge in [-0.1, -0.05) is 13.3 Å². The van der Waals surface area contributed by atoms with Gasteiger partial charge in [0.1, 0.15) is 11.4 Å². The molecule has 0 aliphatic carbocycles. The highest BCUT2D eigenvalue weighted by atomic mass is 16.5.